The van der Waals surface area contributed by atoms with E-state index < -0.39 is 11.0 Å². The fraction of sp³-hybridized carbons (Fsp3) is 0.0870. The topological polar surface area (TPSA) is 68.1 Å². The maximum absolute atomic E-state index is 13.1. The minimum absolute atomic E-state index is 0.104. The van der Waals surface area contributed by atoms with Crippen molar-refractivity contribution in [2.45, 2.75) is 18.0 Å². The number of ketones is 1. The van der Waals surface area contributed by atoms with E-state index >= 15 is 0 Å². The first kappa shape index (κ1) is 18.6. The van der Waals surface area contributed by atoms with Gasteiger partial charge >= 0.3 is 0 Å². The standard InChI is InChI=1S/C23H18N4O2S/c28-23(17-4-2-1-3-5-17)22-12-18-14-27(15-19(18)13-25-22)30(29)21-8-6-20(7-9-21)26-11-10-24-16-26/h1-13,16H,14-15H2. The molecule has 0 bridgehead atoms. The third-order valence-corrected chi connectivity index (χ3v) is 6.52. The van der Waals surface area contributed by atoms with E-state index in [2.05, 4.69) is 9.97 Å². The fourth-order valence-electron chi connectivity index (χ4n) is 3.53. The first-order valence-corrected chi connectivity index (χ1v) is 10.6. The van der Waals surface area contributed by atoms with Gasteiger partial charge in [-0.3, -0.25) is 9.78 Å². The number of imidazole rings is 1. The van der Waals surface area contributed by atoms with Crippen LogP contribution in [0.4, 0.5) is 0 Å². The molecule has 0 radical (unpaired) electrons. The van der Waals surface area contributed by atoms with Gasteiger partial charge in [-0.05, 0) is 41.5 Å². The number of carbonyl (C=O) groups excluding carboxylic acids is 1. The van der Waals surface area contributed by atoms with Gasteiger partial charge in [0.05, 0.1) is 11.2 Å². The molecule has 4 aromatic rings. The Hall–Kier alpha value is -3.42. The van der Waals surface area contributed by atoms with E-state index in [-0.39, 0.29) is 5.78 Å². The highest BCUT2D eigenvalue weighted by Gasteiger charge is 2.26. The average molecular weight is 414 g/mol. The second kappa shape index (κ2) is 7.78. The molecule has 3 heterocycles. The normalized spacial score (nSPS) is 14.4. The van der Waals surface area contributed by atoms with Crippen molar-refractivity contribution >= 4 is 16.8 Å². The quantitative estimate of drug-likeness (QED) is 0.469. The summed E-state index contributed by atoms with van der Waals surface area (Å²) < 4.78 is 16.9. The van der Waals surface area contributed by atoms with Crippen LogP contribution in [0.2, 0.25) is 0 Å². The van der Waals surface area contributed by atoms with Crippen LogP contribution in [0, 0.1) is 0 Å². The van der Waals surface area contributed by atoms with Crippen molar-refractivity contribution in [3.05, 3.63) is 108 Å². The van der Waals surface area contributed by atoms with Crippen LogP contribution in [0.3, 0.4) is 0 Å². The summed E-state index contributed by atoms with van der Waals surface area (Å²) in [7, 11) is -1.30. The zero-order chi connectivity index (χ0) is 20.5. The van der Waals surface area contributed by atoms with Crippen LogP contribution < -0.4 is 0 Å². The number of benzene rings is 2. The van der Waals surface area contributed by atoms with Gasteiger partial charge in [-0.1, -0.05) is 30.3 Å². The average Bonchev–Trinajstić information content (AvgIpc) is 3.48. The number of hydrogen-bond donors (Lipinski definition) is 0. The van der Waals surface area contributed by atoms with E-state index in [0.717, 1.165) is 21.7 Å². The second-order valence-electron chi connectivity index (χ2n) is 7.04. The second-order valence-corrected chi connectivity index (χ2v) is 8.53. The van der Waals surface area contributed by atoms with E-state index in [4.69, 9.17) is 0 Å². The molecule has 1 atom stereocenters. The molecular formula is C23H18N4O2S. The Kier molecular flexibility index (Phi) is 4.82. The van der Waals surface area contributed by atoms with Crippen molar-refractivity contribution in [1.82, 2.24) is 18.8 Å². The summed E-state index contributed by atoms with van der Waals surface area (Å²) in [5.41, 5.74) is 3.99. The van der Waals surface area contributed by atoms with Crippen molar-refractivity contribution in [2.24, 2.45) is 0 Å². The van der Waals surface area contributed by atoms with Gasteiger partial charge in [-0.2, -0.15) is 0 Å². The van der Waals surface area contributed by atoms with Crippen LogP contribution >= 0.6 is 0 Å². The molecule has 6 nitrogen and oxygen atoms in total. The summed E-state index contributed by atoms with van der Waals surface area (Å²) in [5.74, 6) is -0.104. The molecule has 1 aliphatic rings. The first-order valence-electron chi connectivity index (χ1n) is 9.52. The summed E-state index contributed by atoms with van der Waals surface area (Å²) in [5, 5.41) is 0. The van der Waals surface area contributed by atoms with Crippen LogP contribution in [0.5, 0.6) is 0 Å². The molecule has 1 aliphatic heterocycles. The van der Waals surface area contributed by atoms with Crippen LogP contribution in [-0.2, 0) is 24.1 Å². The Balaban J connectivity index is 1.33. The number of aromatic nitrogens is 3. The number of carbonyl (C=O) groups is 1. The van der Waals surface area contributed by atoms with Gasteiger partial charge in [-0.25, -0.2) is 13.5 Å². The molecule has 0 amide bonds. The van der Waals surface area contributed by atoms with Crippen LogP contribution in [-0.4, -0.2) is 28.8 Å². The molecule has 5 rings (SSSR count). The highest BCUT2D eigenvalue weighted by Crippen LogP contribution is 2.27. The molecule has 0 aliphatic carbocycles. The van der Waals surface area contributed by atoms with E-state index in [1.807, 2.05) is 63.6 Å². The largest absolute Gasteiger partial charge is 0.306 e. The van der Waals surface area contributed by atoms with Crippen molar-refractivity contribution in [2.75, 3.05) is 0 Å². The molecule has 0 saturated heterocycles. The monoisotopic (exact) mass is 414 g/mol. The highest BCUT2D eigenvalue weighted by atomic mass is 32.2. The van der Waals surface area contributed by atoms with E-state index in [1.165, 1.54) is 0 Å². The molecule has 0 N–H and O–H groups in total. The molecule has 7 heteroatoms. The lowest BCUT2D eigenvalue weighted by molar-refractivity contribution is 0.103. The summed E-state index contributed by atoms with van der Waals surface area (Å²) in [6.45, 7) is 1.06. The molecule has 2 aromatic carbocycles. The van der Waals surface area contributed by atoms with Gasteiger partial charge in [0.2, 0.25) is 5.78 Å². The maximum Gasteiger partial charge on any atom is 0.211 e. The maximum atomic E-state index is 13.1. The third-order valence-electron chi connectivity index (χ3n) is 5.12. The molecular weight excluding hydrogens is 396 g/mol. The predicted octanol–water partition coefficient (Wildman–Crippen LogP) is 3.54. The Morgan fingerprint density at radius 2 is 1.73 bits per heavy atom. The molecule has 0 fully saturated rings. The lowest BCUT2D eigenvalue weighted by Crippen LogP contribution is -2.19. The van der Waals surface area contributed by atoms with E-state index in [0.29, 0.717) is 24.3 Å². The first-order chi connectivity index (χ1) is 14.7. The van der Waals surface area contributed by atoms with Gasteiger partial charge in [0.25, 0.3) is 0 Å². The van der Waals surface area contributed by atoms with Crippen LogP contribution in [0.15, 0.2) is 90.5 Å². The Morgan fingerprint density at radius 1 is 0.967 bits per heavy atom. The Morgan fingerprint density at radius 3 is 2.47 bits per heavy atom. The lowest BCUT2D eigenvalue weighted by atomic mass is 10.1. The molecule has 148 valence electrons. The van der Waals surface area contributed by atoms with E-state index in [1.54, 1.807) is 30.9 Å². The molecule has 30 heavy (non-hydrogen) atoms. The number of nitrogens with zero attached hydrogens (tertiary/aromatic N) is 4. The number of pyridine rings is 1. The number of hydrogen-bond acceptors (Lipinski definition) is 4. The van der Waals surface area contributed by atoms with E-state index in [9.17, 15) is 9.00 Å². The third kappa shape index (κ3) is 3.49. The minimum Gasteiger partial charge on any atom is -0.306 e. The van der Waals surface area contributed by atoms with Crippen molar-refractivity contribution in [3.63, 3.8) is 0 Å². The molecule has 1 unspecified atom stereocenters. The predicted molar refractivity (Wildman–Crippen MR) is 113 cm³/mol. The SMILES string of the molecule is O=C(c1ccccc1)c1cc2c(cn1)CN(S(=O)c1ccc(-n3ccnc3)cc1)C2. The fourth-order valence-corrected chi connectivity index (χ4v) is 4.70. The minimum atomic E-state index is -1.30. The molecule has 0 spiro atoms. The lowest BCUT2D eigenvalue weighted by Gasteiger charge is -2.14. The van der Waals surface area contributed by atoms with Gasteiger partial charge in [-0.15, -0.1) is 0 Å². The number of rotatable bonds is 5. The van der Waals surface area contributed by atoms with Crippen molar-refractivity contribution in [3.8, 4) is 5.69 Å². The van der Waals surface area contributed by atoms with Crippen molar-refractivity contribution < 1.29 is 9.00 Å². The highest BCUT2D eigenvalue weighted by molar-refractivity contribution is 7.82. The Bertz CT molecular complexity index is 1220. The van der Waals surface area contributed by atoms with Crippen LogP contribution in [0.25, 0.3) is 5.69 Å². The van der Waals surface area contributed by atoms with Crippen LogP contribution in [0.1, 0.15) is 27.2 Å². The summed E-state index contributed by atoms with van der Waals surface area (Å²) in [6.07, 6.45) is 7.04. The zero-order valence-corrected chi connectivity index (χ0v) is 16.8. The zero-order valence-electron chi connectivity index (χ0n) is 16.0. The summed E-state index contributed by atoms with van der Waals surface area (Å²) in [4.78, 5) is 21.8. The van der Waals surface area contributed by atoms with Gasteiger partial charge in [0.15, 0.2) is 0 Å². The number of fused-ring (bicyclic) bond motifs is 1. The van der Waals surface area contributed by atoms with Gasteiger partial charge in [0, 0.05) is 42.9 Å². The summed E-state index contributed by atoms with van der Waals surface area (Å²) in [6, 6.07) is 18.5. The summed E-state index contributed by atoms with van der Waals surface area (Å²) >= 11 is 0. The molecule has 0 saturated carbocycles. The Labute approximate surface area is 176 Å². The van der Waals surface area contributed by atoms with Crippen molar-refractivity contribution in [1.29, 1.82) is 0 Å². The van der Waals surface area contributed by atoms with Gasteiger partial charge in [0.1, 0.15) is 16.7 Å². The van der Waals surface area contributed by atoms with Gasteiger partial charge < -0.3 is 4.57 Å². The smallest absolute Gasteiger partial charge is 0.211 e. The molecule has 2 aromatic heterocycles.